The van der Waals surface area contributed by atoms with Crippen molar-refractivity contribution in [2.24, 2.45) is 0 Å². The Morgan fingerprint density at radius 3 is 2.76 bits per heavy atom. The third-order valence-electron chi connectivity index (χ3n) is 2.76. The minimum atomic E-state index is -1.01. The zero-order chi connectivity index (χ0) is 15.8. The predicted octanol–water partition coefficient (Wildman–Crippen LogP) is -0.127. The Morgan fingerprint density at radius 1 is 1.48 bits per heavy atom. The standard InChI is InChI=1S/C13H19N3O5/c1-3-6-16-11(17)5-4-10(15-16)13(20)14-8-9(21-2)7-12(18)19/h4-5,9H,3,6-8H2,1-2H3,(H,14,20)(H,18,19). The summed E-state index contributed by atoms with van der Waals surface area (Å²) in [6, 6.07) is 2.62. The molecule has 1 atom stereocenters. The van der Waals surface area contributed by atoms with Crippen molar-refractivity contribution in [1.82, 2.24) is 15.1 Å². The fourth-order valence-electron chi connectivity index (χ4n) is 1.67. The van der Waals surface area contributed by atoms with E-state index in [4.69, 9.17) is 9.84 Å². The molecule has 1 unspecified atom stereocenters. The number of aromatic nitrogens is 2. The van der Waals surface area contributed by atoms with Crippen molar-refractivity contribution in [3.05, 3.63) is 28.2 Å². The molecule has 21 heavy (non-hydrogen) atoms. The van der Waals surface area contributed by atoms with Gasteiger partial charge in [-0.3, -0.25) is 14.4 Å². The maximum absolute atomic E-state index is 11.9. The normalized spacial score (nSPS) is 11.9. The number of hydrogen-bond acceptors (Lipinski definition) is 5. The molecule has 0 bridgehead atoms. The lowest BCUT2D eigenvalue weighted by atomic mass is 10.2. The van der Waals surface area contributed by atoms with Gasteiger partial charge in [0.25, 0.3) is 11.5 Å². The first-order chi connectivity index (χ1) is 9.97. The average molecular weight is 297 g/mol. The minimum absolute atomic E-state index is 0.0518. The molecule has 2 N–H and O–H groups in total. The highest BCUT2D eigenvalue weighted by atomic mass is 16.5. The number of nitrogens with one attached hydrogen (secondary N) is 1. The van der Waals surface area contributed by atoms with E-state index in [1.54, 1.807) is 0 Å². The van der Waals surface area contributed by atoms with Gasteiger partial charge in [0.15, 0.2) is 0 Å². The van der Waals surface area contributed by atoms with E-state index < -0.39 is 18.0 Å². The topological polar surface area (TPSA) is 111 Å². The van der Waals surface area contributed by atoms with Gasteiger partial charge in [0, 0.05) is 26.3 Å². The van der Waals surface area contributed by atoms with Crippen molar-refractivity contribution in [2.75, 3.05) is 13.7 Å². The van der Waals surface area contributed by atoms with Crippen molar-refractivity contribution >= 4 is 11.9 Å². The van der Waals surface area contributed by atoms with Gasteiger partial charge in [-0.2, -0.15) is 5.10 Å². The van der Waals surface area contributed by atoms with Crippen LogP contribution in [0.15, 0.2) is 16.9 Å². The first kappa shape index (κ1) is 16.8. The summed E-state index contributed by atoms with van der Waals surface area (Å²) in [5.74, 6) is -1.49. The van der Waals surface area contributed by atoms with Gasteiger partial charge in [0.05, 0.1) is 12.5 Å². The summed E-state index contributed by atoms with van der Waals surface area (Å²) in [6.45, 7) is 2.38. The van der Waals surface area contributed by atoms with Crippen LogP contribution in [-0.4, -0.2) is 46.5 Å². The Balaban J connectivity index is 2.69. The van der Waals surface area contributed by atoms with Gasteiger partial charge in [-0.15, -0.1) is 0 Å². The number of rotatable bonds is 8. The molecule has 1 rings (SSSR count). The van der Waals surface area contributed by atoms with Crippen molar-refractivity contribution in [2.45, 2.75) is 32.4 Å². The summed E-state index contributed by atoms with van der Waals surface area (Å²) in [5, 5.41) is 15.2. The Labute approximate surface area is 121 Å². The molecule has 0 aromatic carbocycles. The second kappa shape index (κ2) is 8.15. The molecule has 0 radical (unpaired) electrons. The van der Waals surface area contributed by atoms with E-state index in [0.717, 1.165) is 6.42 Å². The van der Waals surface area contributed by atoms with Crippen LogP contribution < -0.4 is 10.9 Å². The molecule has 1 amide bonds. The number of methoxy groups -OCH3 is 1. The van der Waals surface area contributed by atoms with Crippen LogP contribution in [-0.2, 0) is 16.1 Å². The van der Waals surface area contributed by atoms with Gasteiger partial charge >= 0.3 is 5.97 Å². The monoisotopic (exact) mass is 297 g/mol. The highest BCUT2D eigenvalue weighted by molar-refractivity contribution is 5.92. The van der Waals surface area contributed by atoms with Crippen molar-refractivity contribution < 1.29 is 19.4 Å². The molecule has 0 aliphatic carbocycles. The molecule has 0 aliphatic rings. The Hall–Kier alpha value is -2.22. The zero-order valence-corrected chi connectivity index (χ0v) is 12.0. The average Bonchev–Trinajstić information content (AvgIpc) is 2.45. The quantitative estimate of drug-likeness (QED) is 0.691. The third kappa shape index (κ3) is 5.35. The smallest absolute Gasteiger partial charge is 0.306 e. The van der Waals surface area contributed by atoms with E-state index in [1.807, 2.05) is 6.92 Å². The summed E-state index contributed by atoms with van der Waals surface area (Å²) in [4.78, 5) is 34.0. The molecule has 0 saturated carbocycles. The van der Waals surface area contributed by atoms with Gasteiger partial charge < -0.3 is 15.2 Å². The molecule has 0 saturated heterocycles. The Kier molecular flexibility index (Phi) is 6.54. The number of carbonyl (C=O) groups excluding carboxylic acids is 1. The molecule has 0 spiro atoms. The second-order valence-electron chi connectivity index (χ2n) is 4.45. The summed E-state index contributed by atoms with van der Waals surface area (Å²) < 4.78 is 6.18. The lowest BCUT2D eigenvalue weighted by Gasteiger charge is -2.14. The van der Waals surface area contributed by atoms with E-state index in [0.29, 0.717) is 6.54 Å². The Bertz CT molecular complexity index is 555. The molecule has 1 heterocycles. The molecule has 8 heteroatoms. The second-order valence-corrected chi connectivity index (χ2v) is 4.45. The van der Waals surface area contributed by atoms with Crippen molar-refractivity contribution in [3.63, 3.8) is 0 Å². The minimum Gasteiger partial charge on any atom is -0.481 e. The van der Waals surface area contributed by atoms with Gasteiger partial charge in [0.2, 0.25) is 0 Å². The predicted molar refractivity (Wildman–Crippen MR) is 74.2 cm³/mol. The van der Waals surface area contributed by atoms with Crippen LogP contribution in [0.2, 0.25) is 0 Å². The molecular weight excluding hydrogens is 278 g/mol. The molecular formula is C13H19N3O5. The van der Waals surface area contributed by atoms with Gasteiger partial charge in [-0.05, 0) is 12.5 Å². The maximum atomic E-state index is 11.9. The number of aliphatic carboxylic acids is 1. The third-order valence-corrected chi connectivity index (χ3v) is 2.76. The summed E-state index contributed by atoms with van der Waals surface area (Å²) in [6.07, 6.45) is -0.102. The van der Waals surface area contributed by atoms with E-state index in [9.17, 15) is 14.4 Å². The van der Waals surface area contributed by atoms with Crippen LogP contribution in [0.5, 0.6) is 0 Å². The summed E-state index contributed by atoms with van der Waals surface area (Å²) in [7, 11) is 1.37. The zero-order valence-electron chi connectivity index (χ0n) is 12.0. The summed E-state index contributed by atoms with van der Waals surface area (Å²) >= 11 is 0. The maximum Gasteiger partial charge on any atom is 0.306 e. The lowest BCUT2D eigenvalue weighted by molar-refractivity contribution is -0.139. The number of aryl methyl sites for hydroxylation is 1. The number of hydrogen-bond donors (Lipinski definition) is 2. The van der Waals surface area contributed by atoms with Crippen molar-refractivity contribution in [1.29, 1.82) is 0 Å². The van der Waals surface area contributed by atoms with Crippen LogP contribution in [0.25, 0.3) is 0 Å². The van der Waals surface area contributed by atoms with E-state index >= 15 is 0 Å². The van der Waals surface area contributed by atoms with Crippen molar-refractivity contribution in [3.8, 4) is 0 Å². The largest absolute Gasteiger partial charge is 0.481 e. The molecule has 8 nitrogen and oxygen atoms in total. The van der Waals surface area contributed by atoms with Crippen LogP contribution in [0, 0.1) is 0 Å². The van der Waals surface area contributed by atoms with E-state index in [2.05, 4.69) is 10.4 Å². The fraction of sp³-hybridized carbons (Fsp3) is 0.538. The SMILES string of the molecule is CCCn1nc(C(=O)NCC(CC(=O)O)OC)ccc1=O. The van der Waals surface area contributed by atoms with E-state index in [1.165, 1.54) is 23.9 Å². The van der Waals surface area contributed by atoms with Gasteiger partial charge in [-0.25, -0.2) is 4.68 Å². The number of carbonyl (C=O) groups is 2. The molecule has 0 aliphatic heterocycles. The number of amides is 1. The van der Waals surface area contributed by atoms with Gasteiger partial charge in [0.1, 0.15) is 5.69 Å². The molecule has 116 valence electrons. The fourth-order valence-corrected chi connectivity index (χ4v) is 1.67. The lowest BCUT2D eigenvalue weighted by Crippen LogP contribution is -2.36. The van der Waals surface area contributed by atoms with Crippen LogP contribution in [0.4, 0.5) is 0 Å². The van der Waals surface area contributed by atoms with E-state index in [-0.39, 0.29) is 24.2 Å². The molecule has 0 fully saturated rings. The highest BCUT2D eigenvalue weighted by Gasteiger charge is 2.15. The first-order valence-corrected chi connectivity index (χ1v) is 6.58. The number of carboxylic acids is 1. The van der Waals surface area contributed by atoms with Gasteiger partial charge in [-0.1, -0.05) is 6.92 Å². The Morgan fingerprint density at radius 2 is 2.19 bits per heavy atom. The first-order valence-electron chi connectivity index (χ1n) is 6.58. The van der Waals surface area contributed by atoms with Crippen LogP contribution in [0.1, 0.15) is 30.3 Å². The van der Waals surface area contributed by atoms with Crippen LogP contribution in [0.3, 0.4) is 0 Å². The highest BCUT2D eigenvalue weighted by Crippen LogP contribution is 1.97. The number of carboxylic acid groups (broad SMARTS) is 1. The molecule has 1 aromatic rings. The summed E-state index contributed by atoms with van der Waals surface area (Å²) in [5.41, 5.74) is -0.165. The number of ether oxygens (including phenoxy) is 1. The van der Waals surface area contributed by atoms with Crippen LogP contribution >= 0.6 is 0 Å². The number of nitrogens with zero attached hydrogens (tertiary/aromatic N) is 2. The molecule has 1 aromatic heterocycles.